The summed E-state index contributed by atoms with van der Waals surface area (Å²) in [5, 5.41) is 0. The maximum atomic E-state index is 10.9. The average Bonchev–Trinajstić information content (AvgIpc) is 2.14. The van der Waals surface area contributed by atoms with Gasteiger partial charge in [0.2, 0.25) is 0 Å². The monoisotopic (exact) mass is 230 g/mol. The van der Waals surface area contributed by atoms with Crippen molar-refractivity contribution >= 4 is 10.1 Å². The summed E-state index contributed by atoms with van der Waals surface area (Å²) in [6, 6.07) is 5.07. The van der Waals surface area contributed by atoms with E-state index in [-0.39, 0.29) is 5.75 Å². The Bertz CT molecular complexity index is 414. The highest BCUT2D eigenvalue weighted by molar-refractivity contribution is 7.86. The zero-order valence-corrected chi connectivity index (χ0v) is 9.80. The molecule has 5 heteroatoms. The molecule has 0 amide bonds. The maximum absolute atomic E-state index is 10.9. The molecular weight excluding hydrogens is 216 g/mol. The van der Waals surface area contributed by atoms with Gasteiger partial charge >= 0.3 is 10.1 Å². The zero-order chi connectivity index (χ0) is 11.5. The molecule has 15 heavy (non-hydrogen) atoms. The lowest BCUT2D eigenvalue weighted by Crippen LogP contribution is -2.06. The highest BCUT2D eigenvalue weighted by Crippen LogP contribution is 2.23. The number of hydrogen-bond donors (Lipinski definition) is 0. The van der Waals surface area contributed by atoms with Gasteiger partial charge in [0.15, 0.2) is 0 Å². The van der Waals surface area contributed by atoms with Gasteiger partial charge in [0.25, 0.3) is 0 Å². The van der Waals surface area contributed by atoms with Crippen LogP contribution in [-0.2, 0) is 16.5 Å². The summed E-state index contributed by atoms with van der Waals surface area (Å²) in [5.41, 5.74) is 0.966. The molecule has 0 saturated heterocycles. The summed E-state index contributed by atoms with van der Waals surface area (Å²) in [4.78, 5) is 0. The van der Waals surface area contributed by atoms with E-state index >= 15 is 0 Å². The van der Waals surface area contributed by atoms with Crippen molar-refractivity contribution in [2.24, 2.45) is 0 Å². The Morgan fingerprint density at radius 3 is 2.27 bits per heavy atom. The average molecular weight is 230 g/mol. The number of hydrogen-bond acceptors (Lipinski definition) is 4. The van der Waals surface area contributed by atoms with Crippen LogP contribution in [0.5, 0.6) is 11.5 Å². The molecule has 0 aliphatic carbocycles. The molecule has 0 radical (unpaired) electrons. The van der Waals surface area contributed by atoms with E-state index in [0.717, 1.165) is 18.2 Å². The number of rotatable bonds is 4. The van der Waals surface area contributed by atoms with E-state index in [1.54, 1.807) is 12.1 Å². The Morgan fingerprint density at radius 2 is 1.80 bits per heavy atom. The van der Waals surface area contributed by atoms with E-state index in [1.165, 1.54) is 7.11 Å². The maximum Gasteiger partial charge on any atom is 0.306 e. The Balaban J connectivity index is 3.07. The minimum Gasteiger partial charge on any atom is -0.497 e. The second kappa shape index (κ2) is 4.53. The van der Waals surface area contributed by atoms with E-state index in [4.69, 9.17) is 8.92 Å². The predicted octanol–water partition coefficient (Wildman–Crippen LogP) is 1.60. The van der Waals surface area contributed by atoms with Crippen LogP contribution in [0.2, 0.25) is 0 Å². The van der Waals surface area contributed by atoms with Gasteiger partial charge in [0.1, 0.15) is 11.5 Å². The highest BCUT2D eigenvalue weighted by atomic mass is 32.2. The molecule has 0 saturated carbocycles. The Morgan fingerprint density at radius 1 is 1.20 bits per heavy atom. The number of benzene rings is 1. The van der Waals surface area contributed by atoms with Crippen molar-refractivity contribution in [3.05, 3.63) is 23.8 Å². The number of methoxy groups -OCH3 is 1. The molecule has 1 rings (SSSR count). The summed E-state index contributed by atoms with van der Waals surface area (Å²) in [7, 11) is -1.96. The van der Waals surface area contributed by atoms with Crippen molar-refractivity contribution in [2.75, 3.05) is 13.4 Å². The Labute approximate surface area is 90.0 Å². The van der Waals surface area contributed by atoms with Gasteiger partial charge in [-0.1, -0.05) is 6.92 Å². The van der Waals surface area contributed by atoms with Crippen LogP contribution >= 0.6 is 0 Å². The third-order valence-corrected chi connectivity index (χ3v) is 2.33. The summed E-state index contributed by atoms with van der Waals surface area (Å²) in [5.74, 6) is 0.877. The van der Waals surface area contributed by atoms with Crippen molar-refractivity contribution in [2.45, 2.75) is 13.3 Å². The van der Waals surface area contributed by atoms with E-state index in [0.29, 0.717) is 5.75 Å². The minimum absolute atomic E-state index is 0.286. The van der Waals surface area contributed by atoms with Crippen LogP contribution in [0.25, 0.3) is 0 Å². The lowest BCUT2D eigenvalue weighted by Gasteiger charge is -2.07. The van der Waals surface area contributed by atoms with Gasteiger partial charge in [-0.3, -0.25) is 0 Å². The molecule has 0 N–H and O–H groups in total. The molecule has 0 aliphatic heterocycles. The van der Waals surface area contributed by atoms with E-state index in [1.807, 2.05) is 13.0 Å². The molecule has 0 unspecified atom stereocenters. The quantitative estimate of drug-likeness (QED) is 0.737. The fourth-order valence-electron chi connectivity index (χ4n) is 1.18. The van der Waals surface area contributed by atoms with Crippen LogP contribution in [-0.4, -0.2) is 21.8 Å². The molecule has 1 aromatic rings. The fraction of sp³-hybridized carbons (Fsp3) is 0.400. The molecule has 1 aromatic carbocycles. The largest absolute Gasteiger partial charge is 0.497 e. The fourth-order valence-corrected chi connectivity index (χ4v) is 1.62. The minimum atomic E-state index is -3.48. The zero-order valence-electron chi connectivity index (χ0n) is 8.98. The summed E-state index contributed by atoms with van der Waals surface area (Å²) in [6.45, 7) is 1.97. The van der Waals surface area contributed by atoms with E-state index < -0.39 is 10.1 Å². The second-order valence-corrected chi connectivity index (χ2v) is 4.73. The topological polar surface area (TPSA) is 52.6 Å². The van der Waals surface area contributed by atoms with Crippen LogP contribution < -0.4 is 8.92 Å². The van der Waals surface area contributed by atoms with Gasteiger partial charge in [0.05, 0.1) is 13.4 Å². The molecular formula is C10H14O4S. The van der Waals surface area contributed by atoms with Crippen molar-refractivity contribution in [1.29, 1.82) is 0 Å². The highest BCUT2D eigenvalue weighted by Gasteiger charge is 2.07. The van der Waals surface area contributed by atoms with Gasteiger partial charge in [-0.25, -0.2) is 0 Å². The van der Waals surface area contributed by atoms with E-state index in [2.05, 4.69) is 0 Å². The summed E-state index contributed by atoms with van der Waals surface area (Å²) >= 11 is 0. The van der Waals surface area contributed by atoms with Gasteiger partial charge in [0, 0.05) is 6.07 Å². The lowest BCUT2D eigenvalue weighted by molar-refractivity contribution is 0.411. The molecule has 0 spiro atoms. The number of aryl methyl sites for hydroxylation is 1. The first-order valence-corrected chi connectivity index (χ1v) is 6.33. The molecule has 0 aliphatic rings. The molecule has 0 bridgehead atoms. The standard InChI is InChI=1S/C10H14O4S/c1-4-8-5-9(13-2)7-10(6-8)14-15(3,11)12/h5-7H,4H2,1-3H3. The van der Waals surface area contributed by atoms with Crippen LogP contribution in [0, 0.1) is 0 Å². The normalized spacial score (nSPS) is 11.1. The second-order valence-electron chi connectivity index (χ2n) is 3.16. The van der Waals surface area contributed by atoms with Crippen molar-refractivity contribution < 1.29 is 17.3 Å². The Hall–Kier alpha value is -1.23. The molecule has 4 nitrogen and oxygen atoms in total. The van der Waals surface area contributed by atoms with Gasteiger partial charge < -0.3 is 8.92 Å². The molecule has 0 heterocycles. The number of ether oxygens (including phenoxy) is 1. The molecule has 84 valence electrons. The van der Waals surface area contributed by atoms with Crippen LogP contribution in [0.3, 0.4) is 0 Å². The van der Waals surface area contributed by atoms with Gasteiger partial charge in [-0.15, -0.1) is 0 Å². The molecule has 0 fully saturated rings. The summed E-state index contributed by atoms with van der Waals surface area (Å²) < 4.78 is 31.7. The van der Waals surface area contributed by atoms with Crippen LogP contribution in [0.15, 0.2) is 18.2 Å². The molecule has 0 aromatic heterocycles. The third kappa shape index (κ3) is 3.79. The SMILES string of the molecule is CCc1cc(OC)cc(OS(C)(=O)=O)c1. The Kier molecular flexibility index (Phi) is 3.57. The van der Waals surface area contributed by atoms with E-state index in [9.17, 15) is 8.42 Å². The van der Waals surface area contributed by atoms with Gasteiger partial charge in [-0.2, -0.15) is 8.42 Å². The van der Waals surface area contributed by atoms with Crippen molar-refractivity contribution in [3.8, 4) is 11.5 Å². The summed E-state index contributed by atoms with van der Waals surface area (Å²) in [6.07, 6.45) is 1.80. The van der Waals surface area contributed by atoms with Crippen LogP contribution in [0.4, 0.5) is 0 Å². The lowest BCUT2D eigenvalue weighted by atomic mass is 10.1. The molecule has 0 atom stereocenters. The van der Waals surface area contributed by atoms with Crippen molar-refractivity contribution in [1.82, 2.24) is 0 Å². The predicted molar refractivity (Wildman–Crippen MR) is 57.8 cm³/mol. The smallest absolute Gasteiger partial charge is 0.306 e. The van der Waals surface area contributed by atoms with Crippen molar-refractivity contribution in [3.63, 3.8) is 0 Å². The van der Waals surface area contributed by atoms with Crippen LogP contribution in [0.1, 0.15) is 12.5 Å². The first-order valence-electron chi connectivity index (χ1n) is 4.52. The first-order chi connectivity index (χ1) is 6.94. The first kappa shape index (κ1) is 11.8. The third-order valence-electron chi connectivity index (χ3n) is 1.83. The van der Waals surface area contributed by atoms with Gasteiger partial charge in [-0.05, 0) is 24.1 Å².